The van der Waals surface area contributed by atoms with Crippen molar-refractivity contribution in [2.45, 2.75) is 361 Å². The summed E-state index contributed by atoms with van der Waals surface area (Å²) < 4.78 is 17.0. The zero-order chi connectivity index (χ0) is 58.5. The summed E-state index contributed by atoms with van der Waals surface area (Å²) in [5.74, 6) is -0.889. The number of ether oxygens (including phenoxy) is 3. The van der Waals surface area contributed by atoms with Crippen LogP contribution in [0.15, 0.2) is 85.1 Å². The van der Waals surface area contributed by atoms with Crippen LogP contribution >= 0.6 is 0 Å². The fourth-order valence-electron chi connectivity index (χ4n) is 10.2. The molecule has 0 amide bonds. The highest BCUT2D eigenvalue weighted by Crippen LogP contribution is 2.18. The number of carbonyl (C=O) groups is 3. The lowest BCUT2D eigenvalue weighted by Gasteiger charge is -2.18. The van der Waals surface area contributed by atoms with Gasteiger partial charge in [0, 0.05) is 19.3 Å². The lowest BCUT2D eigenvalue weighted by Crippen LogP contribution is -2.30. The highest BCUT2D eigenvalue weighted by Gasteiger charge is 2.19. The Kier molecular flexibility index (Phi) is 66.2. The van der Waals surface area contributed by atoms with Crippen LogP contribution in [0.4, 0.5) is 0 Å². The summed E-state index contributed by atoms with van der Waals surface area (Å²) in [6, 6.07) is 0. The van der Waals surface area contributed by atoms with E-state index in [1.807, 2.05) is 0 Å². The number of allylic oxidation sites excluding steroid dienone is 14. The van der Waals surface area contributed by atoms with E-state index in [2.05, 4.69) is 106 Å². The minimum atomic E-state index is -0.790. The molecule has 0 fully saturated rings. The molecule has 1 unspecified atom stereocenters. The van der Waals surface area contributed by atoms with E-state index in [0.717, 1.165) is 122 Å². The van der Waals surface area contributed by atoms with Crippen LogP contribution in [0, 0.1) is 0 Å². The molecule has 0 saturated carbocycles. The van der Waals surface area contributed by atoms with Gasteiger partial charge in [0.2, 0.25) is 0 Å². The van der Waals surface area contributed by atoms with Crippen molar-refractivity contribution in [3.63, 3.8) is 0 Å². The Labute approximate surface area is 503 Å². The Morgan fingerprint density at radius 2 is 0.481 bits per heavy atom. The van der Waals surface area contributed by atoms with E-state index < -0.39 is 6.10 Å². The highest BCUT2D eigenvalue weighted by molar-refractivity contribution is 5.71. The number of rotatable bonds is 64. The van der Waals surface area contributed by atoms with Crippen molar-refractivity contribution in [3.05, 3.63) is 85.1 Å². The molecule has 1 atom stereocenters. The molecule has 0 aliphatic heterocycles. The zero-order valence-electron chi connectivity index (χ0n) is 53.8. The normalized spacial score (nSPS) is 12.6. The molecular formula is C75H132O6. The third-order valence-corrected chi connectivity index (χ3v) is 15.4. The number of unbranched alkanes of at least 4 members (excludes halogenated alkanes) is 39. The molecule has 0 bridgehead atoms. The average Bonchev–Trinajstić information content (AvgIpc) is 3.47. The summed E-state index contributed by atoms with van der Waals surface area (Å²) in [4.78, 5) is 38.5. The second-order valence-electron chi connectivity index (χ2n) is 23.4. The van der Waals surface area contributed by atoms with Gasteiger partial charge >= 0.3 is 17.9 Å². The van der Waals surface area contributed by atoms with Gasteiger partial charge in [0.15, 0.2) is 6.10 Å². The van der Waals surface area contributed by atoms with Gasteiger partial charge in [0.05, 0.1) is 0 Å². The van der Waals surface area contributed by atoms with Gasteiger partial charge < -0.3 is 14.2 Å². The van der Waals surface area contributed by atoms with Crippen LogP contribution in [0.2, 0.25) is 0 Å². The second kappa shape index (κ2) is 69.1. The summed E-state index contributed by atoms with van der Waals surface area (Å²) in [5, 5.41) is 0. The first-order valence-corrected chi connectivity index (χ1v) is 35.1. The molecule has 0 saturated heterocycles. The molecule has 0 N–H and O–H groups in total. The van der Waals surface area contributed by atoms with Crippen molar-refractivity contribution < 1.29 is 28.6 Å². The predicted molar refractivity (Wildman–Crippen MR) is 353 cm³/mol. The predicted octanol–water partition coefficient (Wildman–Crippen LogP) is 24.2. The Morgan fingerprint density at radius 1 is 0.259 bits per heavy atom. The van der Waals surface area contributed by atoms with Gasteiger partial charge in [0.25, 0.3) is 0 Å². The van der Waals surface area contributed by atoms with Crippen LogP contribution in [0.25, 0.3) is 0 Å². The van der Waals surface area contributed by atoms with Gasteiger partial charge in [-0.3, -0.25) is 14.4 Å². The molecule has 0 spiro atoms. The van der Waals surface area contributed by atoms with E-state index in [1.54, 1.807) is 0 Å². The quantitative estimate of drug-likeness (QED) is 0.0261. The summed E-state index contributed by atoms with van der Waals surface area (Å²) in [7, 11) is 0. The number of hydrogen-bond acceptors (Lipinski definition) is 6. The van der Waals surface area contributed by atoms with Crippen LogP contribution in [0.5, 0.6) is 0 Å². The average molecular weight is 1130 g/mol. The van der Waals surface area contributed by atoms with Crippen molar-refractivity contribution in [2.24, 2.45) is 0 Å². The van der Waals surface area contributed by atoms with Gasteiger partial charge in [-0.15, -0.1) is 0 Å². The number of carbonyl (C=O) groups excluding carboxylic acids is 3. The molecule has 0 heterocycles. The van der Waals surface area contributed by atoms with E-state index in [-0.39, 0.29) is 31.1 Å². The maximum Gasteiger partial charge on any atom is 0.306 e. The van der Waals surface area contributed by atoms with E-state index in [1.165, 1.54) is 193 Å². The smallest absolute Gasteiger partial charge is 0.306 e. The largest absolute Gasteiger partial charge is 0.462 e. The first-order chi connectivity index (χ1) is 40.0. The summed E-state index contributed by atoms with van der Waals surface area (Å²) in [5.41, 5.74) is 0. The molecule has 0 aliphatic carbocycles. The Morgan fingerprint density at radius 3 is 0.753 bits per heavy atom. The molecule has 468 valence electrons. The minimum absolute atomic E-state index is 0.0829. The van der Waals surface area contributed by atoms with Gasteiger partial charge in [-0.05, 0) is 89.9 Å². The van der Waals surface area contributed by atoms with E-state index in [4.69, 9.17) is 14.2 Å². The summed E-state index contributed by atoms with van der Waals surface area (Å²) in [6.45, 7) is 6.45. The van der Waals surface area contributed by atoms with Gasteiger partial charge in [-0.2, -0.15) is 0 Å². The first kappa shape index (κ1) is 77.6. The van der Waals surface area contributed by atoms with Crippen molar-refractivity contribution >= 4 is 17.9 Å². The van der Waals surface area contributed by atoms with Crippen molar-refractivity contribution in [3.8, 4) is 0 Å². The molecule has 0 aromatic carbocycles. The van der Waals surface area contributed by atoms with E-state index in [0.29, 0.717) is 19.3 Å². The van der Waals surface area contributed by atoms with Gasteiger partial charge in [-0.25, -0.2) is 0 Å². The highest BCUT2D eigenvalue weighted by atomic mass is 16.6. The molecule has 0 aliphatic rings. The fourth-order valence-corrected chi connectivity index (χ4v) is 10.2. The molecular weight excluding hydrogens is 997 g/mol. The molecule has 0 radical (unpaired) electrons. The Balaban J connectivity index is 4.30. The van der Waals surface area contributed by atoms with Crippen LogP contribution in [0.3, 0.4) is 0 Å². The SMILES string of the molecule is CC/C=C\C/C=C\C/C=C\C/C=C\CCCCCCCCC(=O)OC(COC(=O)CCCCCCCCC/C=C\C/C=C\C/C=C\CC)COC(=O)CCCCCCCCCCCCCCCCCCCCCCCCCCCCC. The first-order valence-electron chi connectivity index (χ1n) is 35.1. The molecule has 6 heteroatoms. The van der Waals surface area contributed by atoms with Crippen molar-refractivity contribution in [1.82, 2.24) is 0 Å². The topological polar surface area (TPSA) is 78.9 Å². The maximum absolute atomic E-state index is 12.9. The molecule has 6 nitrogen and oxygen atoms in total. The Hall–Kier alpha value is -3.41. The third kappa shape index (κ3) is 67.3. The van der Waals surface area contributed by atoms with Crippen molar-refractivity contribution in [2.75, 3.05) is 13.2 Å². The van der Waals surface area contributed by atoms with E-state index >= 15 is 0 Å². The van der Waals surface area contributed by atoms with Gasteiger partial charge in [0.1, 0.15) is 13.2 Å². The summed E-state index contributed by atoms with van der Waals surface area (Å²) >= 11 is 0. The lowest BCUT2D eigenvalue weighted by atomic mass is 10.0. The third-order valence-electron chi connectivity index (χ3n) is 15.4. The second-order valence-corrected chi connectivity index (χ2v) is 23.4. The van der Waals surface area contributed by atoms with Crippen LogP contribution in [-0.4, -0.2) is 37.2 Å². The number of hydrogen-bond donors (Lipinski definition) is 0. The molecule has 0 rings (SSSR count). The van der Waals surface area contributed by atoms with Gasteiger partial charge in [-0.1, -0.05) is 331 Å². The number of esters is 3. The van der Waals surface area contributed by atoms with Crippen LogP contribution in [0.1, 0.15) is 355 Å². The fraction of sp³-hybridized carbons (Fsp3) is 0.773. The molecule has 81 heavy (non-hydrogen) atoms. The standard InChI is InChI=1S/C75H132O6/c1-4-7-10-13-16-19-22-25-28-31-33-34-35-36-37-38-39-40-42-44-47-50-53-56-59-62-65-68-74(77)80-71-72(70-79-73(76)67-64-61-58-55-52-49-46-43-30-27-24-21-18-15-12-9-6-3)81-75(78)69-66-63-60-57-54-51-48-45-41-32-29-26-23-20-17-14-11-8-5-2/h8-9,11-12,17-18,20-21,26-27,29-30,41,45,72H,4-7,10,13-16,19,22-25,28,31-40,42-44,46-71H2,1-3H3/b11-8-,12-9-,20-17-,21-18-,29-26-,30-27-,45-41-. The summed E-state index contributed by atoms with van der Waals surface area (Å²) in [6.07, 6.45) is 91.8. The van der Waals surface area contributed by atoms with Crippen LogP contribution < -0.4 is 0 Å². The monoisotopic (exact) mass is 1130 g/mol. The Bertz CT molecular complexity index is 1530. The maximum atomic E-state index is 12.9. The lowest BCUT2D eigenvalue weighted by molar-refractivity contribution is -0.167. The van der Waals surface area contributed by atoms with E-state index in [9.17, 15) is 14.4 Å². The molecule has 0 aromatic rings. The van der Waals surface area contributed by atoms with Crippen LogP contribution in [-0.2, 0) is 28.6 Å². The minimum Gasteiger partial charge on any atom is -0.462 e. The molecule has 0 aromatic heterocycles. The zero-order valence-corrected chi connectivity index (χ0v) is 53.8. The van der Waals surface area contributed by atoms with Crippen molar-refractivity contribution in [1.29, 1.82) is 0 Å².